The van der Waals surface area contributed by atoms with Crippen molar-refractivity contribution in [1.82, 2.24) is 10.2 Å². The van der Waals surface area contributed by atoms with Crippen molar-refractivity contribution < 1.29 is 29.0 Å². The van der Waals surface area contributed by atoms with Crippen LogP contribution in [-0.4, -0.2) is 67.4 Å². The Labute approximate surface area is 192 Å². The molecule has 1 heterocycles. The Morgan fingerprint density at radius 3 is 2.33 bits per heavy atom. The summed E-state index contributed by atoms with van der Waals surface area (Å²) in [5.74, 6) is -1.96. The highest BCUT2D eigenvalue weighted by Crippen LogP contribution is 2.44. The topological polar surface area (TPSA) is 105 Å². The number of hydrogen-bond acceptors (Lipinski definition) is 5. The van der Waals surface area contributed by atoms with Crippen molar-refractivity contribution in [2.45, 2.75) is 24.8 Å². The second kappa shape index (κ2) is 10.0. The van der Waals surface area contributed by atoms with E-state index in [9.17, 15) is 19.5 Å². The van der Waals surface area contributed by atoms with Crippen LogP contribution in [0.4, 0.5) is 4.79 Å². The molecule has 2 N–H and O–H groups in total. The van der Waals surface area contributed by atoms with E-state index in [1.165, 1.54) is 12.0 Å². The minimum atomic E-state index is -0.946. The van der Waals surface area contributed by atoms with Gasteiger partial charge in [-0.2, -0.15) is 0 Å². The van der Waals surface area contributed by atoms with Crippen LogP contribution in [0.3, 0.4) is 0 Å². The van der Waals surface area contributed by atoms with Gasteiger partial charge in [0, 0.05) is 26.1 Å². The molecular weight excluding hydrogens is 424 g/mol. The van der Waals surface area contributed by atoms with E-state index in [1.54, 1.807) is 0 Å². The number of likely N-dealkylation sites (tertiary alicyclic amines) is 1. The minimum absolute atomic E-state index is 0.0305. The third kappa shape index (κ3) is 4.85. The summed E-state index contributed by atoms with van der Waals surface area (Å²) in [7, 11) is 1.44. The molecule has 1 aliphatic heterocycles. The fraction of sp³-hybridized carbons (Fsp3) is 0.400. The van der Waals surface area contributed by atoms with E-state index in [0.717, 1.165) is 22.3 Å². The number of methoxy groups -OCH3 is 1. The molecule has 1 saturated heterocycles. The minimum Gasteiger partial charge on any atom is -0.481 e. The summed E-state index contributed by atoms with van der Waals surface area (Å²) >= 11 is 0. The van der Waals surface area contributed by atoms with Gasteiger partial charge >= 0.3 is 12.1 Å². The Morgan fingerprint density at radius 2 is 1.73 bits per heavy atom. The van der Waals surface area contributed by atoms with E-state index in [1.807, 2.05) is 36.4 Å². The van der Waals surface area contributed by atoms with Gasteiger partial charge in [0.15, 0.2) is 0 Å². The van der Waals surface area contributed by atoms with E-state index in [2.05, 4.69) is 17.4 Å². The standard InChI is InChI=1S/C25H28N2O6/c1-32-15-22(23(28)27-12-6-7-16(13-27)24(29)30)26-25(31)33-14-21-19-10-4-2-8-17(19)18-9-3-5-11-20(18)21/h2-5,8-11,16,21-22H,6-7,12-15H2,1H3,(H,26,31)(H,29,30)/t16-,22+/m1/s1. The van der Waals surface area contributed by atoms with Crippen LogP contribution in [0.1, 0.15) is 29.9 Å². The monoisotopic (exact) mass is 452 g/mol. The highest BCUT2D eigenvalue weighted by atomic mass is 16.5. The van der Waals surface area contributed by atoms with E-state index in [4.69, 9.17) is 9.47 Å². The molecule has 33 heavy (non-hydrogen) atoms. The SMILES string of the molecule is COC[C@H](NC(=O)OCC1c2ccccc2-c2ccccc21)C(=O)N1CCC[C@@H](C(=O)O)C1. The van der Waals surface area contributed by atoms with Gasteiger partial charge in [-0.1, -0.05) is 48.5 Å². The van der Waals surface area contributed by atoms with E-state index in [-0.39, 0.29) is 31.6 Å². The molecule has 8 nitrogen and oxygen atoms in total. The van der Waals surface area contributed by atoms with Gasteiger partial charge in [0.25, 0.3) is 0 Å². The van der Waals surface area contributed by atoms with Crippen molar-refractivity contribution in [3.63, 3.8) is 0 Å². The number of benzene rings is 2. The highest BCUT2D eigenvalue weighted by Gasteiger charge is 2.33. The van der Waals surface area contributed by atoms with Gasteiger partial charge in [-0.15, -0.1) is 0 Å². The molecule has 2 aromatic carbocycles. The molecule has 0 saturated carbocycles. The number of carbonyl (C=O) groups excluding carboxylic acids is 2. The van der Waals surface area contributed by atoms with Gasteiger partial charge in [-0.05, 0) is 35.1 Å². The predicted octanol–water partition coefficient (Wildman–Crippen LogP) is 2.86. The molecule has 2 atom stereocenters. The normalized spacial score (nSPS) is 18.2. The van der Waals surface area contributed by atoms with Gasteiger partial charge in [0.05, 0.1) is 12.5 Å². The van der Waals surface area contributed by atoms with Crippen molar-refractivity contribution in [3.05, 3.63) is 59.7 Å². The molecule has 2 aliphatic rings. The molecule has 174 valence electrons. The molecular formula is C25H28N2O6. The van der Waals surface area contributed by atoms with Gasteiger partial charge in [-0.25, -0.2) is 4.79 Å². The van der Waals surface area contributed by atoms with Crippen molar-refractivity contribution in [3.8, 4) is 11.1 Å². The number of piperidine rings is 1. The molecule has 4 rings (SSSR count). The molecule has 2 aromatic rings. The number of carbonyl (C=O) groups is 3. The molecule has 1 aliphatic carbocycles. The van der Waals surface area contributed by atoms with Gasteiger partial charge < -0.3 is 24.8 Å². The lowest BCUT2D eigenvalue weighted by molar-refractivity contribution is -0.146. The number of nitrogens with zero attached hydrogens (tertiary/aromatic N) is 1. The Balaban J connectivity index is 1.40. The quantitative estimate of drug-likeness (QED) is 0.669. The molecule has 0 bridgehead atoms. The summed E-state index contributed by atoms with van der Waals surface area (Å²) in [5.41, 5.74) is 4.47. The van der Waals surface area contributed by atoms with Crippen LogP contribution in [0.15, 0.2) is 48.5 Å². The Morgan fingerprint density at radius 1 is 1.09 bits per heavy atom. The average Bonchev–Trinajstić information content (AvgIpc) is 3.16. The second-order valence-electron chi connectivity index (χ2n) is 8.44. The van der Waals surface area contributed by atoms with Crippen molar-refractivity contribution in [2.75, 3.05) is 33.4 Å². The fourth-order valence-corrected chi connectivity index (χ4v) is 4.72. The lowest BCUT2D eigenvalue weighted by Gasteiger charge is -2.33. The largest absolute Gasteiger partial charge is 0.481 e. The van der Waals surface area contributed by atoms with Crippen LogP contribution in [0, 0.1) is 5.92 Å². The number of rotatable bonds is 7. The number of carboxylic acids is 1. The summed E-state index contributed by atoms with van der Waals surface area (Å²) in [6, 6.07) is 15.2. The summed E-state index contributed by atoms with van der Waals surface area (Å²) in [4.78, 5) is 38.4. The Kier molecular flexibility index (Phi) is 6.93. The zero-order chi connectivity index (χ0) is 23.4. The molecule has 1 fully saturated rings. The summed E-state index contributed by atoms with van der Waals surface area (Å²) in [6.07, 6.45) is 0.431. The zero-order valence-corrected chi connectivity index (χ0v) is 18.5. The van der Waals surface area contributed by atoms with Crippen LogP contribution >= 0.6 is 0 Å². The van der Waals surface area contributed by atoms with E-state index >= 15 is 0 Å². The molecule has 0 aromatic heterocycles. The first kappa shape index (κ1) is 22.8. The number of ether oxygens (including phenoxy) is 2. The number of nitrogens with one attached hydrogen (secondary N) is 1. The lowest BCUT2D eigenvalue weighted by atomic mass is 9.98. The van der Waals surface area contributed by atoms with Gasteiger partial charge in [0.1, 0.15) is 12.6 Å². The van der Waals surface area contributed by atoms with Crippen LogP contribution in [0.25, 0.3) is 11.1 Å². The zero-order valence-electron chi connectivity index (χ0n) is 18.5. The maximum Gasteiger partial charge on any atom is 0.407 e. The smallest absolute Gasteiger partial charge is 0.407 e. The fourth-order valence-electron chi connectivity index (χ4n) is 4.72. The maximum atomic E-state index is 13.0. The number of amides is 2. The van der Waals surface area contributed by atoms with E-state index in [0.29, 0.717) is 19.4 Å². The third-order valence-electron chi connectivity index (χ3n) is 6.35. The molecule has 8 heteroatoms. The third-order valence-corrected chi connectivity index (χ3v) is 6.35. The Bertz CT molecular complexity index is 994. The first-order valence-electron chi connectivity index (χ1n) is 11.1. The molecule has 0 unspecified atom stereocenters. The van der Waals surface area contributed by atoms with Crippen molar-refractivity contribution in [2.24, 2.45) is 5.92 Å². The molecule has 0 spiro atoms. The molecule has 2 amide bonds. The van der Waals surface area contributed by atoms with Crippen LogP contribution < -0.4 is 5.32 Å². The lowest BCUT2D eigenvalue weighted by Crippen LogP contribution is -2.54. The highest BCUT2D eigenvalue weighted by molar-refractivity contribution is 5.86. The predicted molar refractivity (Wildman–Crippen MR) is 121 cm³/mol. The second-order valence-corrected chi connectivity index (χ2v) is 8.44. The Hall–Kier alpha value is -3.39. The molecule has 0 radical (unpaired) electrons. The van der Waals surface area contributed by atoms with Gasteiger partial charge in [0.2, 0.25) is 5.91 Å². The first-order chi connectivity index (χ1) is 16.0. The van der Waals surface area contributed by atoms with Gasteiger partial charge in [-0.3, -0.25) is 9.59 Å². The number of fused-ring (bicyclic) bond motifs is 3. The number of alkyl carbamates (subject to hydrolysis) is 1. The number of aliphatic carboxylic acids is 1. The average molecular weight is 453 g/mol. The van der Waals surface area contributed by atoms with Crippen molar-refractivity contribution >= 4 is 18.0 Å². The van der Waals surface area contributed by atoms with Crippen LogP contribution in [0.5, 0.6) is 0 Å². The van der Waals surface area contributed by atoms with Crippen LogP contribution in [0.2, 0.25) is 0 Å². The maximum absolute atomic E-state index is 13.0. The first-order valence-corrected chi connectivity index (χ1v) is 11.1. The summed E-state index contributed by atoms with van der Waals surface area (Å²) < 4.78 is 10.7. The van der Waals surface area contributed by atoms with Crippen LogP contribution in [-0.2, 0) is 19.1 Å². The van der Waals surface area contributed by atoms with Crippen molar-refractivity contribution in [1.29, 1.82) is 0 Å². The summed E-state index contributed by atoms with van der Waals surface area (Å²) in [6.45, 7) is 0.686. The summed E-state index contributed by atoms with van der Waals surface area (Å²) in [5, 5.41) is 11.9. The van der Waals surface area contributed by atoms with E-state index < -0.39 is 24.0 Å². The number of carboxylic acid groups (broad SMARTS) is 1. The number of hydrogen-bond donors (Lipinski definition) is 2.